The van der Waals surface area contributed by atoms with E-state index in [1.54, 1.807) is 12.1 Å². The maximum Gasteiger partial charge on any atom is 0.237 e. The Kier molecular flexibility index (Phi) is 4.95. The molecule has 0 bridgehead atoms. The maximum atomic E-state index is 14.4. The summed E-state index contributed by atoms with van der Waals surface area (Å²) in [5.41, 5.74) is 0.426. The van der Waals surface area contributed by atoms with Crippen LogP contribution in [0.5, 0.6) is 0 Å². The number of carbonyl (C=O) groups excluding carboxylic acids is 3. The maximum absolute atomic E-state index is 14.4. The molecule has 1 saturated carbocycles. The van der Waals surface area contributed by atoms with E-state index in [0.29, 0.717) is 50.5 Å². The molecule has 0 N–H and O–H groups in total. The molecule has 4 rings (SSSR count). The van der Waals surface area contributed by atoms with Gasteiger partial charge in [0.05, 0.1) is 17.8 Å². The molecule has 1 aromatic carbocycles. The van der Waals surface area contributed by atoms with Crippen LogP contribution in [-0.2, 0) is 9.59 Å². The van der Waals surface area contributed by atoms with Crippen molar-refractivity contribution < 1.29 is 18.8 Å². The average molecular weight is 387 g/mol. The third kappa shape index (κ3) is 3.32. The lowest BCUT2D eigenvalue weighted by molar-refractivity contribution is -0.143. The molecule has 3 fully saturated rings. The molecule has 28 heavy (non-hydrogen) atoms. The van der Waals surface area contributed by atoms with Crippen molar-refractivity contribution in [3.05, 3.63) is 29.6 Å². The molecule has 0 unspecified atom stereocenters. The molecule has 7 heteroatoms. The molecule has 2 amide bonds. The fourth-order valence-electron chi connectivity index (χ4n) is 4.76. The van der Waals surface area contributed by atoms with Crippen LogP contribution in [0.4, 0.5) is 10.1 Å². The largest absolute Gasteiger partial charge is 0.367 e. The Morgan fingerprint density at radius 1 is 1.11 bits per heavy atom. The number of nitrogens with zero attached hydrogens (tertiary/aromatic N) is 3. The van der Waals surface area contributed by atoms with Gasteiger partial charge in [0.15, 0.2) is 5.78 Å². The first kappa shape index (κ1) is 19.1. The Morgan fingerprint density at radius 2 is 1.79 bits per heavy atom. The standard InChI is InChI=1S/C21H26FN3O3/c1-15(26)16-4-5-18(17(22)12-16)24-10-8-23(9-11-24)14-25-19(27)13-21(20(25)28)6-2-3-7-21/h4-5,12H,2-3,6-11,13-14H2,1H3. The predicted molar refractivity (Wildman–Crippen MR) is 102 cm³/mol. The van der Waals surface area contributed by atoms with Gasteiger partial charge in [-0.25, -0.2) is 4.39 Å². The topological polar surface area (TPSA) is 60.9 Å². The zero-order chi connectivity index (χ0) is 19.9. The zero-order valence-corrected chi connectivity index (χ0v) is 16.2. The highest BCUT2D eigenvalue weighted by Gasteiger charge is 2.52. The lowest BCUT2D eigenvalue weighted by Gasteiger charge is -2.37. The van der Waals surface area contributed by atoms with E-state index in [0.717, 1.165) is 25.7 Å². The van der Waals surface area contributed by atoms with Crippen LogP contribution in [0.15, 0.2) is 18.2 Å². The van der Waals surface area contributed by atoms with Crippen LogP contribution in [0.2, 0.25) is 0 Å². The second-order valence-electron chi connectivity index (χ2n) is 8.26. The third-order valence-electron chi connectivity index (χ3n) is 6.46. The van der Waals surface area contributed by atoms with Crippen LogP contribution in [0.1, 0.15) is 49.4 Å². The summed E-state index contributed by atoms with van der Waals surface area (Å²) >= 11 is 0. The van der Waals surface area contributed by atoms with Gasteiger partial charge in [0.1, 0.15) is 5.82 Å². The number of benzene rings is 1. The van der Waals surface area contributed by atoms with Gasteiger partial charge in [-0.2, -0.15) is 0 Å². The van der Waals surface area contributed by atoms with Crippen molar-refractivity contribution in [3.63, 3.8) is 0 Å². The average Bonchev–Trinajstić information content (AvgIpc) is 3.23. The number of carbonyl (C=O) groups is 3. The van der Waals surface area contributed by atoms with Gasteiger partial charge in [-0.15, -0.1) is 0 Å². The summed E-state index contributed by atoms with van der Waals surface area (Å²) < 4.78 is 14.4. The van der Waals surface area contributed by atoms with Gasteiger partial charge in [-0.05, 0) is 38.0 Å². The van der Waals surface area contributed by atoms with Gasteiger partial charge >= 0.3 is 0 Å². The highest BCUT2D eigenvalue weighted by Crippen LogP contribution is 2.46. The number of Topliss-reactive ketones (excluding diaryl/α,β-unsaturated/α-hetero) is 1. The van der Waals surface area contributed by atoms with Crippen molar-refractivity contribution in [1.29, 1.82) is 0 Å². The van der Waals surface area contributed by atoms with Crippen molar-refractivity contribution in [2.45, 2.75) is 39.0 Å². The quantitative estimate of drug-likeness (QED) is 0.587. The number of amides is 2. The second kappa shape index (κ2) is 7.28. The van der Waals surface area contributed by atoms with Gasteiger partial charge < -0.3 is 4.90 Å². The third-order valence-corrected chi connectivity index (χ3v) is 6.46. The number of hydrogen-bond acceptors (Lipinski definition) is 5. The molecule has 150 valence electrons. The summed E-state index contributed by atoms with van der Waals surface area (Å²) in [4.78, 5) is 42.1. The van der Waals surface area contributed by atoms with E-state index in [2.05, 4.69) is 4.90 Å². The van der Waals surface area contributed by atoms with E-state index < -0.39 is 11.2 Å². The first-order valence-corrected chi connectivity index (χ1v) is 10.0. The summed E-state index contributed by atoms with van der Waals surface area (Å²) in [6, 6.07) is 4.58. The monoisotopic (exact) mass is 387 g/mol. The Hall–Kier alpha value is -2.28. The lowest BCUT2D eigenvalue weighted by Crippen LogP contribution is -2.51. The van der Waals surface area contributed by atoms with E-state index in [1.807, 2.05) is 4.90 Å². The SMILES string of the molecule is CC(=O)c1ccc(N2CCN(CN3C(=O)CC4(CCCC4)C3=O)CC2)c(F)c1. The first-order valence-electron chi connectivity index (χ1n) is 10.0. The van der Waals surface area contributed by atoms with Crippen molar-refractivity contribution in [3.8, 4) is 0 Å². The highest BCUT2D eigenvalue weighted by atomic mass is 19.1. The summed E-state index contributed by atoms with van der Waals surface area (Å²) in [5, 5.41) is 0. The molecular formula is C21H26FN3O3. The smallest absolute Gasteiger partial charge is 0.237 e. The van der Waals surface area contributed by atoms with Crippen LogP contribution >= 0.6 is 0 Å². The van der Waals surface area contributed by atoms with Crippen LogP contribution in [-0.4, -0.2) is 60.2 Å². The zero-order valence-electron chi connectivity index (χ0n) is 16.2. The number of ketones is 1. The fourth-order valence-corrected chi connectivity index (χ4v) is 4.76. The van der Waals surface area contributed by atoms with Crippen molar-refractivity contribution in [2.75, 3.05) is 37.7 Å². The van der Waals surface area contributed by atoms with Gasteiger partial charge in [0.2, 0.25) is 11.8 Å². The lowest BCUT2D eigenvalue weighted by atomic mass is 9.85. The molecule has 2 saturated heterocycles. The molecular weight excluding hydrogens is 361 g/mol. The molecule has 1 aliphatic carbocycles. The number of piperazine rings is 1. The van der Waals surface area contributed by atoms with Crippen LogP contribution in [0, 0.1) is 11.2 Å². The highest BCUT2D eigenvalue weighted by molar-refractivity contribution is 6.06. The Morgan fingerprint density at radius 3 is 2.39 bits per heavy atom. The molecule has 2 heterocycles. The molecule has 0 atom stereocenters. The number of rotatable bonds is 4. The Bertz CT molecular complexity index is 811. The summed E-state index contributed by atoms with van der Waals surface area (Å²) in [6.45, 7) is 4.27. The minimum absolute atomic E-state index is 0.00305. The van der Waals surface area contributed by atoms with Crippen LogP contribution < -0.4 is 4.90 Å². The number of imide groups is 1. The van der Waals surface area contributed by atoms with Crippen molar-refractivity contribution >= 4 is 23.3 Å². The van der Waals surface area contributed by atoms with Crippen LogP contribution in [0.3, 0.4) is 0 Å². The first-order chi connectivity index (χ1) is 13.4. The summed E-state index contributed by atoms with van der Waals surface area (Å²) in [5.74, 6) is -0.604. The van der Waals surface area contributed by atoms with Crippen molar-refractivity contribution in [1.82, 2.24) is 9.80 Å². The van der Waals surface area contributed by atoms with E-state index in [1.165, 1.54) is 17.9 Å². The van der Waals surface area contributed by atoms with Crippen LogP contribution in [0.25, 0.3) is 0 Å². The van der Waals surface area contributed by atoms with Gasteiger partial charge in [0, 0.05) is 38.2 Å². The molecule has 3 aliphatic rings. The predicted octanol–water partition coefficient (Wildman–Crippen LogP) is 2.43. The van der Waals surface area contributed by atoms with E-state index >= 15 is 0 Å². The molecule has 1 aromatic rings. The number of anilines is 1. The molecule has 0 radical (unpaired) electrons. The molecule has 0 aromatic heterocycles. The number of likely N-dealkylation sites (tertiary alicyclic amines) is 1. The normalized spacial score (nSPS) is 22.5. The minimum atomic E-state index is -0.430. The second-order valence-corrected chi connectivity index (χ2v) is 8.26. The fraction of sp³-hybridized carbons (Fsp3) is 0.571. The summed E-state index contributed by atoms with van der Waals surface area (Å²) in [7, 11) is 0. The summed E-state index contributed by atoms with van der Waals surface area (Å²) in [6.07, 6.45) is 4.08. The Balaban J connectivity index is 1.37. The molecule has 2 aliphatic heterocycles. The number of hydrogen-bond donors (Lipinski definition) is 0. The van der Waals surface area contributed by atoms with Gasteiger partial charge in [-0.3, -0.25) is 24.2 Å². The minimum Gasteiger partial charge on any atom is -0.367 e. The van der Waals surface area contributed by atoms with Gasteiger partial charge in [-0.1, -0.05) is 12.8 Å². The van der Waals surface area contributed by atoms with E-state index in [4.69, 9.17) is 0 Å². The van der Waals surface area contributed by atoms with E-state index in [-0.39, 0.29) is 17.6 Å². The van der Waals surface area contributed by atoms with Crippen molar-refractivity contribution in [2.24, 2.45) is 5.41 Å². The molecule has 1 spiro atoms. The molecule has 6 nitrogen and oxygen atoms in total. The Labute approximate surface area is 164 Å². The van der Waals surface area contributed by atoms with E-state index in [9.17, 15) is 18.8 Å². The number of halogens is 1. The van der Waals surface area contributed by atoms with Gasteiger partial charge in [0.25, 0.3) is 0 Å².